The van der Waals surface area contributed by atoms with E-state index in [-0.39, 0.29) is 11.9 Å². The summed E-state index contributed by atoms with van der Waals surface area (Å²) >= 11 is 0. The summed E-state index contributed by atoms with van der Waals surface area (Å²) in [6.45, 7) is 19.1. The van der Waals surface area contributed by atoms with Crippen molar-refractivity contribution >= 4 is 11.9 Å². The molecule has 0 bridgehead atoms. The molecule has 0 amide bonds. The first-order chi connectivity index (χ1) is 24.8. The van der Waals surface area contributed by atoms with Crippen LogP contribution in [0.2, 0.25) is 0 Å². The van der Waals surface area contributed by atoms with Gasteiger partial charge in [-0.3, -0.25) is 0 Å². The molecular weight excluding hydrogens is 638 g/mol. The molecule has 9 heteroatoms. The van der Waals surface area contributed by atoms with Gasteiger partial charge in [-0.2, -0.15) is 0 Å². The van der Waals surface area contributed by atoms with Crippen LogP contribution < -0.4 is 24.5 Å². The van der Waals surface area contributed by atoms with E-state index in [2.05, 4.69) is 35.0 Å². The van der Waals surface area contributed by atoms with Crippen LogP contribution in [0.5, 0.6) is 0 Å². The molecule has 298 valence electrons. The average molecular weight is 725 g/mol. The predicted molar refractivity (Wildman–Crippen MR) is 211 cm³/mol. The van der Waals surface area contributed by atoms with Gasteiger partial charge in [0.25, 0.3) is 0 Å². The number of nitrogens with one attached hydrogen (secondary N) is 5. The molecule has 0 aromatic carbocycles. The molecule has 1 aliphatic heterocycles. The third-order valence-electron chi connectivity index (χ3n) is 10.6. The van der Waals surface area contributed by atoms with Crippen molar-refractivity contribution in [2.75, 3.05) is 113 Å². The number of likely N-dealkylation sites (N-methyl/N-ethyl adjacent to an activating group) is 3. The highest BCUT2D eigenvalue weighted by Gasteiger charge is 2.17. The van der Waals surface area contributed by atoms with Crippen molar-refractivity contribution in [1.29, 1.82) is 0 Å². The van der Waals surface area contributed by atoms with E-state index < -0.39 is 0 Å². The van der Waals surface area contributed by atoms with Gasteiger partial charge in [0, 0.05) is 31.4 Å². The molecule has 5 N–H and O–H groups in total. The van der Waals surface area contributed by atoms with Crippen molar-refractivity contribution in [1.82, 2.24) is 0 Å². The first kappa shape index (κ1) is 47.2. The van der Waals surface area contributed by atoms with Crippen LogP contribution in [-0.4, -0.2) is 125 Å². The first-order valence-electron chi connectivity index (χ1n) is 21.6. The maximum Gasteiger partial charge on any atom is 0.330 e. The van der Waals surface area contributed by atoms with Crippen LogP contribution in [0.15, 0.2) is 24.3 Å². The van der Waals surface area contributed by atoms with E-state index in [1.54, 1.807) is 31.8 Å². The van der Waals surface area contributed by atoms with Gasteiger partial charge in [0.15, 0.2) is 0 Å². The summed E-state index contributed by atoms with van der Waals surface area (Å²) < 4.78 is 11.0. The van der Waals surface area contributed by atoms with Crippen LogP contribution in [0.3, 0.4) is 0 Å². The zero-order chi connectivity index (χ0) is 37.2. The number of carbonyl (C=O) groups is 2. The minimum Gasteiger partial charge on any atom is -0.463 e. The maximum absolute atomic E-state index is 12.4. The molecule has 0 aliphatic carbocycles. The molecule has 1 aliphatic rings. The Morgan fingerprint density at radius 2 is 0.941 bits per heavy atom. The summed E-state index contributed by atoms with van der Waals surface area (Å²) in [6, 6.07) is 0. The van der Waals surface area contributed by atoms with Gasteiger partial charge in [-0.05, 0) is 25.0 Å². The largest absolute Gasteiger partial charge is 0.463 e. The lowest BCUT2D eigenvalue weighted by atomic mass is 10.1. The van der Waals surface area contributed by atoms with Crippen molar-refractivity contribution in [2.45, 2.75) is 123 Å². The van der Waals surface area contributed by atoms with Gasteiger partial charge in [0.1, 0.15) is 26.2 Å². The molecule has 0 radical (unpaired) electrons. The first-order valence-corrected chi connectivity index (χ1v) is 21.6. The molecule has 0 spiro atoms. The van der Waals surface area contributed by atoms with Gasteiger partial charge >= 0.3 is 11.9 Å². The van der Waals surface area contributed by atoms with Gasteiger partial charge < -0.3 is 34.0 Å². The number of ether oxygens (including phenoxy) is 2. The van der Waals surface area contributed by atoms with Gasteiger partial charge in [-0.25, -0.2) is 9.59 Å². The summed E-state index contributed by atoms with van der Waals surface area (Å²) in [5.41, 5.74) is 0. The van der Waals surface area contributed by atoms with E-state index in [9.17, 15) is 9.59 Å². The lowest BCUT2D eigenvalue weighted by Gasteiger charge is -2.25. The molecule has 0 saturated carbocycles. The minimum atomic E-state index is -0.244. The summed E-state index contributed by atoms with van der Waals surface area (Å²) in [5.74, 6) is -0.487. The second kappa shape index (κ2) is 34.0. The third kappa shape index (κ3) is 30.4. The Bertz CT molecular complexity index is 841. The third-order valence-corrected chi connectivity index (χ3v) is 10.6. The van der Waals surface area contributed by atoms with Crippen LogP contribution in [-0.2, 0) is 19.1 Å². The maximum atomic E-state index is 12.4. The Kier molecular flexibility index (Phi) is 31.5. The zero-order valence-corrected chi connectivity index (χ0v) is 34.4. The smallest absolute Gasteiger partial charge is 0.330 e. The Hall–Kier alpha value is -1.78. The highest BCUT2D eigenvalue weighted by atomic mass is 16.5. The second-order valence-corrected chi connectivity index (χ2v) is 15.7. The molecule has 1 heterocycles. The fourth-order valence-electron chi connectivity index (χ4n) is 6.98. The van der Waals surface area contributed by atoms with Gasteiger partial charge in [-0.1, -0.05) is 90.9 Å². The summed E-state index contributed by atoms with van der Waals surface area (Å²) in [7, 11) is 7.07. The standard InChI is InChI=1S/C42H81N5O4/c1-6-8-10-12-14-16-18-39-50-41(48)25-20-30-46(31-21-26-42(49)51-40-19-17-15-13-11-9-7-2)33-24-34-47-32-23-29-44(4)36-35-43(3)27-22-28-45(5)37-38-47/h20-21,25-26H,6-19,22-24,27-40H2,1-5H3/p+5/b25-20+,26-21+. The van der Waals surface area contributed by atoms with Crippen molar-refractivity contribution < 1.29 is 43.6 Å². The Morgan fingerprint density at radius 1 is 0.529 bits per heavy atom. The number of hydrogen-bond donors (Lipinski definition) is 5. The van der Waals surface area contributed by atoms with Crippen LogP contribution in [0.4, 0.5) is 0 Å². The molecule has 0 aromatic rings. The second-order valence-electron chi connectivity index (χ2n) is 15.7. The van der Waals surface area contributed by atoms with Gasteiger partial charge in [0.05, 0.1) is 86.7 Å². The summed E-state index contributed by atoms with van der Waals surface area (Å²) in [6.07, 6.45) is 27.7. The van der Waals surface area contributed by atoms with E-state index >= 15 is 0 Å². The van der Waals surface area contributed by atoms with Crippen LogP contribution in [0.1, 0.15) is 123 Å². The molecule has 9 nitrogen and oxygen atoms in total. The quantitative estimate of drug-likeness (QED) is 0.0502. The van der Waals surface area contributed by atoms with E-state index in [0.717, 1.165) is 58.3 Å². The molecule has 4 atom stereocenters. The highest BCUT2D eigenvalue weighted by molar-refractivity contribution is 5.82. The molecule has 1 saturated heterocycles. The Labute approximate surface area is 315 Å². The molecular formula is C42H86N5O4+5. The fraction of sp³-hybridized carbons (Fsp3) is 0.857. The minimum absolute atomic E-state index is 0.244. The number of unbranched alkanes of at least 4 members (excludes halogenated alkanes) is 12. The molecule has 1 fully saturated rings. The Balaban J connectivity index is 2.62. The molecule has 4 unspecified atom stereocenters. The topological polar surface area (TPSA) is 74.8 Å². The van der Waals surface area contributed by atoms with Crippen molar-refractivity contribution in [3.8, 4) is 0 Å². The molecule has 51 heavy (non-hydrogen) atoms. The van der Waals surface area contributed by atoms with Gasteiger partial charge in [-0.15, -0.1) is 0 Å². The van der Waals surface area contributed by atoms with Crippen LogP contribution in [0, 0.1) is 0 Å². The van der Waals surface area contributed by atoms with Crippen LogP contribution >= 0.6 is 0 Å². The summed E-state index contributed by atoms with van der Waals surface area (Å²) in [5, 5.41) is 0. The number of carbonyl (C=O) groups excluding carboxylic acids is 2. The normalized spacial score (nSPS) is 21.3. The highest BCUT2D eigenvalue weighted by Crippen LogP contribution is 2.07. The zero-order valence-electron chi connectivity index (χ0n) is 34.4. The number of rotatable bonds is 26. The van der Waals surface area contributed by atoms with Crippen molar-refractivity contribution in [3.63, 3.8) is 0 Å². The SMILES string of the molecule is CCCCCCCCCOC(=O)/C=C/C[NH+](C/C=C/C(=O)OCCCCCCCCC)CCC[NH+]1CCC[NH+](C)CC[NH+](C)CCC[NH+](C)CC1. The van der Waals surface area contributed by atoms with E-state index in [1.807, 2.05) is 12.2 Å². The average Bonchev–Trinajstić information content (AvgIpc) is 3.11. The molecule has 0 aromatic heterocycles. The van der Waals surface area contributed by atoms with E-state index in [0.29, 0.717) is 13.2 Å². The van der Waals surface area contributed by atoms with Crippen LogP contribution in [0.25, 0.3) is 0 Å². The van der Waals surface area contributed by atoms with Gasteiger partial charge in [0.2, 0.25) is 0 Å². The lowest BCUT2D eigenvalue weighted by Crippen LogP contribution is -3.21. The number of esters is 2. The number of hydrogen-bond acceptors (Lipinski definition) is 4. The fourth-order valence-corrected chi connectivity index (χ4v) is 6.98. The van der Waals surface area contributed by atoms with Crippen molar-refractivity contribution in [2.24, 2.45) is 0 Å². The molecule has 1 rings (SSSR count). The lowest BCUT2D eigenvalue weighted by molar-refractivity contribution is -0.964. The Morgan fingerprint density at radius 3 is 1.41 bits per heavy atom. The number of quaternary nitrogens is 5. The van der Waals surface area contributed by atoms with Crippen molar-refractivity contribution in [3.05, 3.63) is 24.3 Å². The van der Waals surface area contributed by atoms with E-state index in [1.165, 1.54) is 134 Å². The summed E-state index contributed by atoms with van der Waals surface area (Å²) in [4.78, 5) is 32.8. The predicted octanol–water partition coefficient (Wildman–Crippen LogP) is 0.184. The monoisotopic (exact) mass is 725 g/mol. The van der Waals surface area contributed by atoms with E-state index in [4.69, 9.17) is 9.47 Å².